The Morgan fingerprint density at radius 1 is 1.30 bits per heavy atom. The number of aromatic nitrogens is 3. The highest BCUT2D eigenvalue weighted by molar-refractivity contribution is 5.81. The molecule has 5 heteroatoms. The first kappa shape index (κ1) is 14.2. The molecule has 0 atom stereocenters. The van der Waals surface area contributed by atoms with E-state index in [1.807, 2.05) is 46.0 Å². The van der Waals surface area contributed by atoms with E-state index in [1.54, 1.807) is 17.1 Å². The van der Waals surface area contributed by atoms with Gasteiger partial charge in [-0.1, -0.05) is 26.8 Å². The lowest BCUT2D eigenvalue weighted by Crippen LogP contribution is -2.34. The van der Waals surface area contributed by atoms with Gasteiger partial charge in [0.2, 0.25) is 5.91 Å². The van der Waals surface area contributed by atoms with E-state index in [0.29, 0.717) is 6.54 Å². The maximum Gasteiger partial charge on any atom is 0.225 e. The van der Waals surface area contributed by atoms with Crippen LogP contribution in [0, 0.1) is 5.41 Å². The first-order valence-corrected chi connectivity index (χ1v) is 6.59. The van der Waals surface area contributed by atoms with Gasteiger partial charge in [-0.25, -0.2) is 0 Å². The molecule has 0 saturated heterocycles. The van der Waals surface area contributed by atoms with Crippen molar-refractivity contribution >= 4 is 5.91 Å². The van der Waals surface area contributed by atoms with E-state index in [-0.39, 0.29) is 11.3 Å². The van der Waals surface area contributed by atoms with Crippen molar-refractivity contribution in [2.45, 2.75) is 27.3 Å². The number of carbonyl (C=O) groups excluding carboxylic acids is 1. The van der Waals surface area contributed by atoms with E-state index in [4.69, 9.17) is 0 Å². The number of pyridine rings is 1. The Balaban J connectivity index is 2.03. The minimum Gasteiger partial charge on any atom is -0.352 e. The third-order valence-corrected chi connectivity index (χ3v) is 3.04. The molecule has 0 radical (unpaired) electrons. The summed E-state index contributed by atoms with van der Waals surface area (Å²) < 4.78 is 1.78. The van der Waals surface area contributed by atoms with E-state index < -0.39 is 0 Å². The molecule has 20 heavy (non-hydrogen) atoms. The standard InChI is InChI=1S/C15H20N4O/c1-15(2,3)14(20)17-10-11-5-6-12(16-9-11)13-7-8-18-19(13)4/h5-9H,10H2,1-4H3,(H,17,20). The Hall–Kier alpha value is -2.17. The number of hydrogen-bond donors (Lipinski definition) is 1. The van der Waals surface area contributed by atoms with Crippen LogP contribution in [-0.4, -0.2) is 20.7 Å². The Morgan fingerprint density at radius 3 is 2.55 bits per heavy atom. The molecule has 0 aliphatic carbocycles. The highest BCUT2D eigenvalue weighted by Gasteiger charge is 2.20. The van der Waals surface area contributed by atoms with Crippen LogP contribution in [0.3, 0.4) is 0 Å². The van der Waals surface area contributed by atoms with Crippen LogP contribution in [0.15, 0.2) is 30.6 Å². The lowest BCUT2D eigenvalue weighted by atomic mass is 9.95. The van der Waals surface area contributed by atoms with Crippen molar-refractivity contribution < 1.29 is 4.79 Å². The van der Waals surface area contributed by atoms with Gasteiger partial charge in [-0.15, -0.1) is 0 Å². The fourth-order valence-corrected chi connectivity index (χ4v) is 1.75. The van der Waals surface area contributed by atoms with Gasteiger partial charge in [-0.05, 0) is 17.7 Å². The summed E-state index contributed by atoms with van der Waals surface area (Å²) >= 11 is 0. The molecule has 106 valence electrons. The number of hydrogen-bond acceptors (Lipinski definition) is 3. The number of carbonyl (C=O) groups is 1. The van der Waals surface area contributed by atoms with Crippen LogP contribution in [0.5, 0.6) is 0 Å². The number of aryl methyl sites for hydroxylation is 1. The van der Waals surface area contributed by atoms with Gasteiger partial charge in [-0.3, -0.25) is 14.5 Å². The number of rotatable bonds is 3. The van der Waals surface area contributed by atoms with Gasteiger partial charge in [0, 0.05) is 31.4 Å². The SMILES string of the molecule is Cn1nccc1-c1ccc(CNC(=O)C(C)(C)C)cn1. The fourth-order valence-electron chi connectivity index (χ4n) is 1.75. The topological polar surface area (TPSA) is 59.8 Å². The van der Waals surface area contributed by atoms with Crippen molar-refractivity contribution in [3.05, 3.63) is 36.2 Å². The number of nitrogens with one attached hydrogen (secondary N) is 1. The molecule has 5 nitrogen and oxygen atoms in total. The molecule has 1 N–H and O–H groups in total. The zero-order valence-corrected chi connectivity index (χ0v) is 12.3. The molecule has 2 rings (SSSR count). The molecular weight excluding hydrogens is 252 g/mol. The predicted octanol–water partition coefficient (Wildman–Crippen LogP) is 2.14. The lowest BCUT2D eigenvalue weighted by Gasteiger charge is -2.17. The summed E-state index contributed by atoms with van der Waals surface area (Å²) in [6.45, 7) is 6.18. The van der Waals surface area contributed by atoms with E-state index in [1.165, 1.54) is 0 Å². The first-order chi connectivity index (χ1) is 9.38. The van der Waals surface area contributed by atoms with Crippen molar-refractivity contribution in [3.8, 4) is 11.4 Å². The van der Waals surface area contributed by atoms with Crippen molar-refractivity contribution in [3.63, 3.8) is 0 Å². The maximum absolute atomic E-state index is 11.8. The molecule has 0 aliphatic heterocycles. The highest BCUT2D eigenvalue weighted by Crippen LogP contribution is 2.16. The van der Waals surface area contributed by atoms with Crippen molar-refractivity contribution in [2.24, 2.45) is 12.5 Å². The van der Waals surface area contributed by atoms with Gasteiger partial charge in [-0.2, -0.15) is 5.10 Å². The number of amides is 1. The van der Waals surface area contributed by atoms with Crippen LogP contribution >= 0.6 is 0 Å². The molecule has 0 spiro atoms. The third-order valence-electron chi connectivity index (χ3n) is 3.04. The average Bonchev–Trinajstić information content (AvgIpc) is 2.82. The minimum atomic E-state index is -0.373. The summed E-state index contributed by atoms with van der Waals surface area (Å²) in [5.74, 6) is 0.0354. The second-order valence-electron chi connectivity index (χ2n) is 5.82. The Kier molecular flexibility index (Phi) is 3.88. The molecule has 2 aromatic rings. The molecule has 2 heterocycles. The first-order valence-electron chi connectivity index (χ1n) is 6.59. The van der Waals surface area contributed by atoms with E-state index in [0.717, 1.165) is 17.0 Å². The maximum atomic E-state index is 11.8. The van der Waals surface area contributed by atoms with E-state index in [9.17, 15) is 4.79 Å². The average molecular weight is 272 g/mol. The monoisotopic (exact) mass is 272 g/mol. The summed E-state index contributed by atoms with van der Waals surface area (Å²) in [6.07, 6.45) is 3.53. The predicted molar refractivity (Wildman–Crippen MR) is 77.7 cm³/mol. The highest BCUT2D eigenvalue weighted by atomic mass is 16.2. The van der Waals surface area contributed by atoms with Gasteiger partial charge >= 0.3 is 0 Å². The van der Waals surface area contributed by atoms with Crippen molar-refractivity contribution in [1.29, 1.82) is 0 Å². The molecule has 1 amide bonds. The molecular formula is C15H20N4O. The molecule has 0 unspecified atom stereocenters. The zero-order valence-electron chi connectivity index (χ0n) is 12.3. The van der Waals surface area contributed by atoms with Crippen molar-refractivity contribution in [2.75, 3.05) is 0 Å². The Morgan fingerprint density at radius 2 is 2.05 bits per heavy atom. The van der Waals surface area contributed by atoms with Crippen LogP contribution in [0.25, 0.3) is 11.4 Å². The van der Waals surface area contributed by atoms with Crippen molar-refractivity contribution in [1.82, 2.24) is 20.1 Å². The number of nitrogens with zero attached hydrogens (tertiary/aromatic N) is 3. The third kappa shape index (κ3) is 3.23. The zero-order chi connectivity index (χ0) is 14.8. The van der Waals surface area contributed by atoms with Gasteiger partial charge in [0.1, 0.15) is 0 Å². The molecule has 0 fully saturated rings. The smallest absolute Gasteiger partial charge is 0.225 e. The summed E-state index contributed by atoms with van der Waals surface area (Å²) in [7, 11) is 1.88. The lowest BCUT2D eigenvalue weighted by molar-refractivity contribution is -0.128. The Labute approximate surface area is 119 Å². The van der Waals surface area contributed by atoms with Crippen LogP contribution in [0.1, 0.15) is 26.3 Å². The molecule has 0 saturated carbocycles. The van der Waals surface area contributed by atoms with Gasteiger partial charge in [0.05, 0.1) is 11.4 Å². The second kappa shape index (κ2) is 5.45. The van der Waals surface area contributed by atoms with Crippen LogP contribution < -0.4 is 5.32 Å². The Bertz CT molecular complexity index is 593. The molecule has 0 aliphatic rings. The van der Waals surface area contributed by atoms with Crippen LogP contribution in [0.4, 0.5) is 0 Å². The molecule has 0 aromatic carbocycles. The molecule has 0 bridgehead atoms. The van der Waals surface area contributed by atoms with Gasteiger partial charge in [0.25, 0.3) is 0 Å². The quantitative estimate of drug-likeness (QED) is 0.931. The van der Waals surface area contributed by atoms with E-state index >= 15 is 0 Å². The summed E-state index contributed by atoms with van der Waals surface area (Å²) in [4.78, 5) is 16.2. The largest absolute Gasteiger partial charge is 0.352 e. The summed E-state index contributed by atoms with van der Waals surface area (Å²) in [5, 5.41) is 7.03. The van der Waals surface area contributed by atoms with E-state index in [2.05, 4.69) is 15.4 Å². The summed E-state index contributed by atoms with van der Waals surface area (Å²) in [6, 6.07) is 5.83. The van der Waals surface area contributed by atoms with Crippen LogP contribution in [-0.2, 0) is 18.4 Å². The molecule has 2 aromatic heterocycles. The van der Waals surface area contributed by atoms with Gasteiger partial charge in [0.15, 0.2) is 0 Å². The minimum absolute atomic E-state index is 0.0354. The normalized spacial score (nSPS) is 11.4. The summed E-state index contributed by atoms with van der Waals surface area (Å²) in [5.41, 5.74) is 2.45. The fraction of sp³-hybridized carbons (Fsp3) is 0.400. The van der Waals surface area contributed by atoms with Crippen LogP contribution in [0.2, 0.25) is 0 Å². The van der Waals surface area contributed by atoms with Gasteiger partial charge < -0.3 is 5.32 Å². The second-order valence-corrected chi connectivity index (χ2v) is 5.82.